The van der Waals surface area contributed by atoms with Gasteiger partial charge in [-0.25, -0.2) is 0 Å². The van der Waals surface area contributed by atoms with Crippen molar-refractivity contribution in [3.8, 4) is 5.88 Å². The summed E-state index contributed by atoms with van der Waals surface area (Å²) in [6, 6.07) is 3.45. The number of hydrogen-bond acceptors (Lipinski definition) is 3. The van der Waals surface area contributed by atoms with Crippen LogP contribution in [0.3, 0.4) is 0 Å². The Kier molecular flexibility index (Phi) is 2.76. The van der Waals surface area contributed by atoms with Gasteiger partial charge in [-0.05, 0) is 42.7 Å². The van der Waals surface area contributed by atoms with Crippen molar-refractivity contribution in [2.24, 2.45) is 16.7 Å². The minimum absolute atomic E-state index is 0.189. The summed E-state index contributed by atoms with van der Waals surface area (Å²) in [5.74, 6) is 1.23. The SMILES string of the molecule is CC1(C)C2CCC1(C)C(Oc1nc(Cl)ccc1N)C2. The van der Waals surface area contributed by atoms with Crippen LogP contribution < -0.4 is 10.5 Å². The van der Waals surface area contributed by atoms with Crippen molar-refractivity contribution in [3.05, 3.63) is 17.3 Å². The van der Waals surface area contributed by atoms with Crippen molar-refractivity contribution in [3.63, 3.8) is 0 Å². The number of rotatable bonds is 2. The van der Waals surface area contributed by atoms with Gasteiger partial charge in [0.2, 0.25) is 5.88 Å². The largest absolute Gasteiger partial charge is 0.472 e. The normalized spacial score (nSPS) is 35.6. The zero-order valence-corrected chi connectivity index (χ0v) is 12.5. The molecule has 2 saturated carbocycles. The lowest BCUT2D eigenvalue weighted by atomic mass is 9.70. The molecule has 0 saturated heterocycles. The van der Waals surface area contributed by atoms with Gasteiger partial charge in [0.1, 0.15) is 11.3 Å². The maximum absolute atomic E-state index is 6.14. The minimum atomic E-state index is 0.189. The number of nitrogens with two attached hydrogens (primary N) is 1. The van der Waals surface area contributed by atoms with Crippen LogP contribution >= 0.6 is 11.6 Å². The first-order valence-corrected chi connectivity index (χ1v) is 7.31. The highest BCUT2D eigenvalue weighted by molar-refractivity contribution is 6.29. The second-order valence-electron chi connectivity index (χ2n) is 6.75. The molecule has 0 radical (unpaired) electrons. The van der Waals surface area contributed by atoms with E-state index in [4.69, 9.17) is 22.1 Å². The molecule has 0 aromatic carbocycles. The molecule has 1 aromatic heterocycles. The fraction of sp³-hybridized carbons (Fsp3) is 0.667. The summed E-state index contributed by atoms with van der Waals surface area (Å²) in [7, 11) is 0. The first-order valence-electron chi connectivity index (χ1n) is 6.93. The smallest absolute Gasteiger partial charge is 0.238 e. The molecule has 19 heavy (non-hydrogen) atoms. The Balaban J connectivity index is 1.88. The molecule has 3 atom stereocenters. The Hall–Kier alpha value is -0.960. The number of ether oxygens (including phenoxy) is 1. The van der Waals surface area contributed by atoms with Gasteiger partial charge in [-0.2, -0.15) is 4.98 Å². The molecular weight excluding hydrogens is 260 g/mol. The van der Waals surface area contributed by atoms with Crippen LogP contribution in [0.15, 0.2) is 12.1 Å². The van der Waals surface area contributed by atoms with Gasteiger partial charge < -0.3 is 10.5 Å². The second-order valence-corrected chi connectivity index (χ2v) is 7.13. The van der Waals surface area contributed by atoms with Gasteiger partial charge in [-0.15, -0.1) is 0 Å². The quantitative estimate of drug-likeness (QED) is 0.836. The van der Waals surface area contributed by atoms with E-state index in [0.717, 1.165) is 12.3 Å². The Bertz CT molecular complexity index is 517. The van der Waals surface area contributed by atoms with Crippen molar-refractivity contribution in [1.29, 1.82) is 0 Å². The molecule has 2 fully saturated rings. The van der Waals surface area contributed by atoms with Crippen LogP contribution in [0.25, 0.3) is 0 Å². The van der Waals surface area contributed by atoms with Crippen LogP contribution in [0.5, 0.6) is 5.88 Å². The van der Waals surface area contributed by atoms with E-state index >= 15 is 0 Å². The average Bonchev–Trinajstić information content (AvgIpc) is 2.67. The molecule has 2 aliphatic carbocycles. The van der Waals surface area contributed by atoms with E-state index in [1.807, 2.05) is 0 Å². The lowest BCUT2D eigenvalue weighted by Gasteiger charge is -2.38. The Morgan fingerprint density at radius 1 is 1.37 bits per heavy atom. The van der Waals surface area contributed by atoms with Crippen LogP contribution in [0.4, 0.5) is 5.69 Å². The summed E-state index contributed by atoms with van der Waals surface area (Å²) < 4.78 is 6.14. The number of nitrogen functional groups attached to an aromatic ring is 1. The van der Waals surface area contributed by atoms with Crippen molar-refractivity contribution in [2.45, 2.75) is 46.1 Å². The zero-order chi connectivity index (χ0) is 13.8. The van der Waals surface area contributed by atoms with Crippen LogP contribution in [0.2, 0.25) is 5.15 Å². The number of pyridine rings is 1. The predicted octanol–water partition coefficient (Wildman–Crippen LogP) is 3.91. The zero-order valence-electron chi connectivity index (χ0n) is 11.7. The summed E-state index contributed by atoms with van der Waals surface area (Å²) in [5.41, 5.74) is 7.02. The van der Waals surface area contributed by atoms with Gasteiger partial charge in [-0.3, -0.25) is 0 Å². The summed E-state index contributed by atoms with van der Waals surface area (Å²) in [6.45, 7) is 7.07. The fourth-order valence-corrected chi connectivity index (χ4v) is 4.11. The van der Waals surface area contributed by atoms with Gasteiger partial charge in [0.05, 0.1) is 5.69 Å². The number of hydrogen-bond donors (Lipinski definition) is 1. The van der Waals surface area contributed by atoms with Gasteiger partial charge in [0, 0.05) is 5.41 Å². The molecule has 4 heteroatoms. The van der Waals surface area contributed by atoms with E-state index in [-0.39, 0.29) is 11.5 Å². The molecule has 0 amide bonds. The maximum Gasteiger partial charge on any atom is 0.238 e. The monoisotopic (exact) mass is 280 g/mol. The molecular formula is C15H21ClN2O. The van der Waals surface area contributed by atoms with Crippen LogP contribution in [-0.4, -0.2) is 11.1 Å². The molecule has 0 spiro atoms. The molecule has 3 nitrogen and oxygen atoms in total. The third kappa shape index (κ3) is 1.74. The van der Waals surface area contributed by atoms with Gasteiger partial charge in [0.25, 0.3) is 0 Å². The Labute approximate surface area is 119 Å². The number of nitrogens with zero attached hydrogens (tertiary/aromatic N) is 1. The Morgan fingerprint density at radius 3 is 2.68 bits per heavy atom. The summed E-state index contributed by atoms with van der Waals surface area (Å²) >= 11 is 5.93. The summed E-state index contributed by atoms with van der Waals surface area (Å²) in [4.78, 5) is 4.22. The first-order chi connectivity index (χ1) is 8.84. The standard InChI is InChI=1S/C15H21ClN2O/c1-14(2)9-6-7-15(14,3)11(8-9)19-13-10(17)4-5-12(16)18-13/h4-5,9,11H,6-8,17H2,1-3H3. The van der Waals surface area contributed by atoms with E-state index < -0.39 is 0 Å². The van der Waals surface area contributed by atoms with Gasteiger partial charge >= 0.3 is 0 Å². The van der Waals surface area contributed by atoms with Crippen LogP contribution in [0.1, 0.15) is 40.0 Å². The predicted molar refractivity (Wildman–Crippen MR) is 77.3 cm³/mol. The molecule has 3 unspecified atom stereocenters. The van der Waals surface area contributed by atoms with Crippen molar-refractivity contribution in [1.82, 2.24) is 4.98 Å². The average molecular weight is 281 g/mol. The third-order valence-corrected chi connectivity index (χ3v) is 6.03. The molecule has 3 rings (SSSR count). The highest BCUT2D eigenvalue weighted by atomic mass is 35.5. The van der Waals surface area contributed by atoms with Gasteiger partial charge in [0.15, 0.2) is 0 Å². The third-order valence-electron chi connectivity index (χ3n) is 5.82. The lowest BCUT2D eigenvalue weighted by Crippen LogP contribution is -2.39. The van der Waals surface area contributed by atoms with E-state index in [1.165, 1.54) is 12.8 Å². The van der Waals surface area contributed by atoms with Crippen molar-refractivity contribution in [2.75, 3.05) is 5.73 Å². The number of anilines is 1. The number of aromatic nitrogens is 1. The molecule has 104 valence electrons. The molecule has 2 bridgehead atoms. The fourth-order valence-electron chi connectivity index (χ4n) is 3.97. The molecule has 2 N–H and O–H groups in total. The highest BCUT2D eigenvalue weighted by Gasteiger charge is 2.62. The number of fused-ring (bicyclic) bond motifs is 2. The minimum Gasteiger partial charge on any atom is -0.472 e. The Morgan fingerprint density at radius 2 is 2.11 bits per heavy atom. The van der Waals surface area contributed by atoms with Crippen LogP contribution in [0, 0.1) is 16.7 Å². The van der Waals surface area contributed by atoms with E-state index in [1.54, 1.807) is 12.1 Å². The summed E-state index contributed by atoms with van der Waals surface area (Å²) in [5, 5.41) is 0.428. The maximum atomic E-state index is 6.14. The highest BCUT2D eigenvalue weighted by Crippen LogP contribution is 2.66. The topological polar surface area (TPSA) is 48.1 Å². The second kappa shape index (κ2) is 4.02. The van der Waals surface area contributed by atoms with Crippen LogP contribution in [-0.2, 0) is 0 Å². The first kappa shape index (κ1) is 13.0. The molecule has 1 aromatic rings. The van der Waals surface area contributed by atoms with E-state index in [2.05, 4.69) is 25.8 Å². The lowest BCUT2D eigenvalue weighted by molar-refractivity contribution is 0.0278. The number of halogens is 1. The van der Waals surface area contributed by atoms with Crippen molar-refractivity contribution < 1.29 is 4.74 Å². The van der Waals surface area contributed by atoms with Gasteiger partial charge in [-0.1, -0.05) is 32.4 Å². The van der Waals surface area contributed by atoms with Crippen molar-refractivity contribution >= 4 is 17.3 Å². The van der Waals surface area contributed by atoms with E-state index in [9.17, 15) is 0 Å². The molecule has 2 aliphatic rings. The van der Waals surface area contributed by atoms with E-state index in [0.29, 0.717) is 22.1 Å². The molecule has 1 heterocycles. The summed E-state index contributed by atoms with van der Waals surface area (Å²) in [6.07, 6.45) is 3.81. The molecule has 0 aliphatic heterocycles.